The van der Waals surface area contributed by atoms with Gasteiger partial charge in [0.2, 0.25) is 0 Å². The van der Waals surface area contributed by atoms with Crippen LogP contribution in [0.4, 0.5) is 4.39 Å². The predicted octanol–water partition coefficient (Wildman–Crippen LogP) is 3.27. The van der Waals surface area contributed by atoms with Crippen LogP contribution < -0.4 is 5.32 Å². The summed E-state index contributed by atoms with van der Waals surface area (Å²) in [6, 6.07) is 6.86. The number of benzene rings is 1. The second kappa shape index (κ2) is 9.02. The summed E-state index contributed by atoms with van der Waals surface area (Å²) in [6.45, 7) is 2.77. The van der Waals surface area contributed by atoms with Crippen molar-refractivity contribution in [3.8, 4) is 0 Å². The summed E-state index contributed by atoms with van der Waals surface area (Å²) in [5.41, 5.74) is 1.10. The third kappa shape index (κ3) is 5.68. The lowest BCUT2D eigenvalue weighted by Crippen LogP contribution is -2.32. The van der Waals surface area contributed by atoms with Crippen molar-refractivity contribution >= 4 is 0 Å². The van der Waals surface area contributed by atoms with Crippen molar-refractivity contribution in [1.82, 2.24) is 5.32 Å². The van der Waals surface area contributed by atoms with Gasteiger partial charge in [0, 0.05) is 26.8 Å². The fourth-order valence-electron chi connectivity index (χ4n) is 1.99. The van der Waals surface area contributed by atoms with E-state index in [1.807, 2.05) is 12.1 Å². The zero-order valence-electron chi connectivity index (χ0n) is 12.0. The number of methoxy groups -OCH3 is 2. The Labute approximate surface area is 115 Å². The zero-order valence-corrected chi connectivity index (χ0v) is 12.0. The minimum absolute atomic E-state index is 0.202. The van der Waals surface area contributed by atoms with Gasteiger partial charge in [-0.25, -0.2) is 4.39 Å². The summed E-state index contributed by atoms with van der Waals surface area (Å²) in [5.74, 6) is -0.204. The van der Waals surface area contributed by atoms with Gasteiger partial charge in [0.05, 0.1) is 0 Å². The summed E-state index contributed by atoms with van der Waals surface area (Å²) in [5, 5.41) is 3.42. The van der Waals surface area contributed by atoms with Gasteiger partial charge in [0.25, 0.3) is 0 Å². The van der Waals surface area contributed by atoms with Gasteiger partial charge in [0.1, 0.15) is 5.82 Å². The molecule has 0 aromatic heterocycles. The quantitative estimate of drug-likeness (QED) is 0.698. The van der Waals surface area contributed by atoms with Crippen molar-refractivity contribution in [1.29, 1.82) is 0 Å². The summed E-state index contributed by atoms with van der Waals surface area (Å²) in [4.78, 5) is 0. The lowest BCUT2D eigenvalue weighted by atomic mass is 10.0. The maximum absolute atomic E-state index is 13.0. The van der Waals surface area contributed by atoms with E-state index in [1.54, 1.807) is 14.2 Å². The van der Waals surface area contributed by atoms with Crippen molar-refractivity contribution in [2.45, 2.75) is 38.5 Å². The molecule has 1 aromatic rings. The highest BCUT2D eigenvalue weighted by molar-refractivity contribution is 5.19. The number of unbranched alkanes of at least 4 members (excludes halogenated alkanes) is 1. The molecule has 0 aliphatic carbocycles. The maximum atomic E-state index is 13.0. The fourth-order valence-corrected chi connectivity index (χ4v) is 1.99. The molecule has 0 radical (unpaired) electrons. The smallest absolute Gasteiger partial charge is 0.169 e. The first kappa shape index (κ1) is 16.1. The highest BCUT2D eigenvalue weighted by atomic mass is 19.1. The van der Waals surface area contributed by atoms with E-state index in [9.17, 15) is 4.39 Å². The second-order valence-corrected chi connectivity index (χ2v) is 4.56. The molecule has 1 atom stereocenters. The highest BCUT2D eigenvalue weighted by Gasteiger charge is 2.13. The van der Waals surface area contributed by atoms with Gasteiger partial charge in [-0.3, -0.25) is 0 Å². The Balaban J connectivity index is 2.63. The maximum Gasteiger partial charge on any atom is 0.169 e. The van der Waals surface area contributed by atoms with Gasteiger partial charge in [-0.05, 0) is 24.1 Å². The van der Waals surface area contributed by atoms with E-state index >= 15 is 0 Å². The van der Waals surface area contributed by atoms with Crippen molar-refractivity contribution in [2.24, 2.45) is 0 Å². The standard InChI is InChI=1S/C15H24FNO2/c1-4-5-6-14(17-11-15(18-2)19-3)12-7-9-13(16)10-8-12/h7-10,14-15,17H,4-6,11H2,1-3H3. The molecule has 1 aromatic carbocycles. The molecular weight excluding hydrogens is 245 g/mol. The molecule has 0 bridgehead atoms. The lowest BCUT2D eigenvalue weighted by Gasteiger charge is -2.22. The number of nitrogens with one attached hydrogen (secondary N) is 1. The molecule has 0 aliphatic rings. The topological polar surface area (TPSA) is 30.5 Å². The second-order valence-electron chi connectivity index (χ2n) is 4.56. The van der Waals surface area contributed by atoms with E-state index in [2.05, 4.69) is 12.2 Å². The van der Waals surface area contributed by atoms with Gasteiger partial charge < -0.3 is 14.8 Å². The van der Waals surface area contributed by atoms with Crippen LogP contribution in [0.3, 0.4) is 0 Å². The molecule has 0 saturated carbocycles. The largest absolute Gasteiger partial charge is 0.355 e. The van der Waals surface area contributed by atoms with Gasteiger partial charge >= 0.3 is 0 Å². The molecule has 108 valence electrons. The first-order chi connectivity index (χ1) is 9.21. The van der Waals surface area contributed by atoms with Crippen LogP contribution in [0.1, 0.15) is 37.8 Å². The molecule has 19 heavy (non-hydrogen) atoms. The summed E-state index contributed by atoms with van der Waals surface area (Å²) in [7, 11) is 3.24. The number of hydrogen-bond donors (Lipinski definition) is 1. The molecule has 1 rings (SSSR count). The number of ether oxygens (including phenoxy) is 2. The molecule has 1 N–H and O–H groups in total. The average Bonchev–Trinajstić information content (AvgIpc) is 2.44. The van der Waals surface area contributed by atoms with Crippen LogP contribution in [-0.2, 0) is 9.47 Å². The van der Waals surface area contributed by atoms with Gasteiger partial charge in [-0.15, -0.1) is 0 Å². The van der Waals surface area contributed by atoms with Crippen LogP contribution in [0.25, 0.3) is 0 Å². The molecule has 0 amide bonds. The summed E-state index contributed by atoms with van der Waals surface area (Å²) < 4.78 is 23.3. The Morgan fingerprint density at radius 3 is 2.32 bits per heavy atom. The van der Waals surface area contributed by atoms with Crippen LogP contribution in [0.15, 0.2) is 24.3 Å². The van der Waals surface area contributed by atoms with E-state index in [0.717, 1.165) is 24.8 Å². The van der Waals surface area contributed by atoms with Crippen LogP contribution in [0.2, 0.25) is 0 Å². The normalized spacial score (nSPS) is 12.9. The Hall–Kier alpha value is -0.970. The number of halogens is 1. The van der Waals surface area contributed by atoms with E-state index < -0.39 is 0 Å². The third-order valence-corrected chi connectivity index (χ3v) is 3.18. The van der Waals surface area contributed by atoms with Crippen LogP contribution in [0.5, 0.6) is 0 Å². The van der Waals surface area contributed by atoms with Crippen LogP contribution in [-0.4, -0.2) is 27.1 Å². The summed E-state index contributed by atoms with van der Waals surface area (Å²) >= 11 is 0. The van der Waals surface area contributed by atoms with E-state index in [4.69, 9.17) is 9.47 Å². The van der Waals surface area contributed by atoms with Crippen molar-refractivity contribution in [2.75, 3.05) is 20.8 Å². The molecule has 0 heterocycles. The molecule has 1 unspecified atom stereocenters. The molecule has 0 aliphatic heterocycles. The van der Waals surface area contributed by atoms with E-state index in [0.29, 0.717) is 6.54 Å². The first-order valence-electron chi connectivity index (χ1n) is 6.75. The van der Waals surface area contributed by atoms with Crippen molar-refractivity contribution in [3.63, 3.8) is 0 Å². The molecular formula is C15H24FNO2. The molecule has 0 fully saturated rings. The van der Waals surface area contributed by atoms with Crippen LogP contribution in [0, 0.1) is 5.82 Å². The molecule has 0 saturated heterocycles. The van der Waals surface area contributed by atoms with Crippen molar-refractivity contribution < 1.29 is 13.9 Å². The number of hydrogen-bond acceptors (Lipinski definition) is 3. The minimum atomic E-state index is -0.260. The molecule has 0 spiro atoms. The van der Waals surface area contributed by atoms with E-state index in [-0.39, 0.29) is 18.1 Å². The zero-order chi connectivity index (χ0) is 14.1. The highest BCUT2D eigenvalue weighted by Crippen LogP contribution is 2.20. The number of rotatable bonds is 9. The Kier molecular flexibility index (Phi) is 7.63. The minimum Gasteiger partial charge on any atom is -0.355 e. The average molecular weight is 269 g/mol. The Bertz CT molecular complexity index is 339. The van der Waals surface area contributed by atoms with E-state index in [1.165, 1.54) is 12.1 Å². The predicted molar refractivity (Wildman–Crippen MR) is 74.5 cm³/mol. The van der Waals surface area contributed by atoms with Crippen molar-refractivity contribution in [3.05, 3.63) is 35.6 Å². The fraction of sp³-hybridized carbons (Fsp3) is 0.600. The third-order valence-electron chi connectivity index (χ3n) is 3.18. The molecule has 4 heteroatoms. The SMILES string of the molecule is CCCCC(NCC(OC)OC)c1ccc(F)cc1. The van der Waals surface area contributed by atoms with Gasteiger partial charge in [0.15, 0.2) is 6.29 Å². The Morgan fingerprint density at radius 1 is 1.16 bits per heavy atom. The van der Waals surface area contributed by atoms with Crippen LogP contribution >= 0.6 is 0 Å². The van der Waals surface area contributed by atoms with Gasteiger partial charge in [-0.1, -0.05) is 31.9 Å². The Morgan fingerprint density at radius 2 is 1.79 bits per heavy atom. The first-order valence-corrected chi connectivity index (χ1v) is 6.75. The summed E-state index contributed by atoms with van der Waals surface area (Å²) in [6.07, 6.45) is 3.02. The lowest BCUT2D eigenvalue weighted by molar-refractivity contribution is -0.1000. The van der Waals surface area contributed by atoms with Gasteiger partial charge in [-0.2, -0.15) is 0 Å². The monoisotopic (exact) mass is 269 g/mol. The molecule has 3 nitrogen and oxygen atoms in total.